The number of anilines is 1. The molecule has 7 heteroatoms. The van der Waals surface area contributed by atoms with Gasteiger partial charge in [0.2, 0.25) is 5.91 Å². The molecular weight excluding hydrogens is 323 g/mol. The number of benzene rings is 1. The first kappa shape index (κ1) is 16.6. The molecule has 0 saturated heterocycles. The SMILES string of the molecule is C[C@H](C(=O)Nc1ccc(OCc2ccccn2)c(F)c1)n1ccnc1. The first-order valence-electron chi connectivity index (χ1n) is 7.74. The first-order chi connectivity index (χ1) is 12.1. The summed E-state index contributed by atoms with van der Waals surface area (Å²) >= 11 is 0. The fourth-order valence-electron chi connectivity index (χ4n) is 2.21. The van der Waals surface area contributed by atoms with E-state index in [1.165, 1.54) is 12.1 Å². The molecule has 1 N–H and O–H groups in total. The number of hydrogen-bond donors (Lipinski definition) is 1. The highest BCUT2D eigenvalue weighted by Gasteiger charge is 2.15. The number of imidazole rings is 1. The molecule has 1 amide bonds. The van der Waals surface area contributed by atoms with Crippen LogP contribution < -0.4 is 10.1 Å². The van der Waals surface area contributed by atoms with Crippen LogP contribution in [0.3, 0.4) is 0 Å². The predicted octanol–water partition coefficient (Wildman–Crippen LogP) is 3.20. The molecule has 3 aromatic rings. The van der Waals surface area contributed by atoms with E-state index in [4.69, 9.17) is 4.74 Å². The lowest BCUT2D eigenvalue weighted by Gasteiger charge is -2.14. The average Bonchev–Trinajstić information content (AvgIpc) is 3.16. The Morgan fingerprint density at radius 3 is 2.88 bits per heavy atom. The molecule has 25 heavy (non-hydrogen) atoms. The van der Waals surface area contributed by atoms with Gasteiger partial charge in [-0.05, 0) is 31.2 Å². The molecule has 0 aliphatic carbocycles. The van der Waals surface area contributed by atoms with Crippen LogP contribution in [0.1, 0.15) is 18.7 Å². The van der Waals surface area contributed by atoms with Crippen LogP contribution in [0, 0.1) is 5.82 Å². The molecule has 0 radical (unpaired) electrons. The minimum absolute atomic E-state index is 0.103. The lowest BCUT2D eigenvalue weighted by Crippen LogP contribution is -2.22. The Morgan fingerprint density at radius 1 is 1.32 bits per heavy atom. The molecule has 6 nitrogen and oxygen atoms in total. The van der Waals surface area contributed by atoms with Crippen LogP contribution in [0.4, 0.5) is 10.1 Å². The fourth-order valence-corrected chi connectivity index (χ4v) is 2.21. The molecule has 0 bridgehead atoms. The zero-order chi connectivity index (χ0) is 17.6. The van der Waals surface area contributed by atoms with Crippen molar-refractivity contribution in [1.82, 2.24) is 14.5 Å². The van der Waals surface area contributed by atoms with E-state index in [0.717, 1.165) is 0 Å². The van der Waals surface area contributed by atoms with Crippen LogP contribution in [0.25, 0.3) is 0 Å². The summed E-state index contributed by atoms with van der Waals surface area (Å²) in [7, 11) is 0. The van der Waals surface area contributed by atoms with E-state index in [1.54, 1.807) is 54.6 Å². The number of ether oxygens (including phenoxy) is 1. The molecule has 0 spiro atoms. The lowest BCUT2D eigenvalue weighted by atomic mass is 10.2. The zero-order valence-corrected chi connectivity index (χ0v) is 13.6. The number of hydrogen-bond acceptors (Lipinski definition) is 4. The third kappa shape index (κ3) is 4.20. The van der Waals surface area contributed by atoms with Crippen LogP contribution >= 0.6 is 0 Å². The Labute approximate surface area is 144 Å². The van der Waals surface area contributed by atoms with Gasteiger partial charge in [0, 0.05) is 30.3 Å². The second kappa shape index (κ2) is 7.57. The highest BCUT2D eigenvalue weighted by molar-refractivity contribution is 5.93. The van der Waals surface area contributed by atoms with Gasteiger partial charge in [0.15, 0.2) is 11.6 Å². The summed E-state index contributed by atoms with van der Waals surface area (Å²) in [6.45, 7) is 1.90. The molecule has 0 aliphatic rings. The van der Waals surface area contributed by atoms with E-state index in [-0.39, 0.29) is 18.3 Å². The van der Waals surface area contributed by atoms with Gasteiger partial charge < -0.3 is 14.6 Å². The number of carbonyl (C=O) groups excluding carboxylic acids is 1. The second-order valence-corrected chi connectivity index (χ2v) is 5.43. The first-order valence-corrected chi connectivity index (χ1v) is 7.74. The Kier molecular flexibility index (Phi) is 5.03. The average molecular weight is 340 g/mol. The van der Waals surface area contributed by atoms with Gasteiger partial charge >= 0.3 is 0 Å². The predicted molar refractivity (Wildman–Crippen MR) is 90.5 cm³/mol. The highest BCUT2D eigenvalue weighted by Crippen LogP contribution is 2.22. The Hall–Kier alpha value is -3.22. The van der Waals surface area contributed by atoms with Gasteiger partial charge in [-0.25, -0.2) is 9.37 Å². The summed E-state index contributed by atoms with van der Waals surface area (Å²) in [6.07, 6.45) is 6.49. The largest absolute Gasteiger partial charge is 0.484 e. The molecule has 0 unspecified atom stereocenters. The minimum Gasteiger partial charge on any atom is -0.484 e. The summed E-state index contributed by atoms with van der Waals surface area (Å²) in [6, 6.07) is 9.28. The van der Waals surface area contributed by atoms with Gasteiger partial charge in [0.25, 0.3) is 0 Å². The molecular formula is C18H17FN4O2. The van der Waals surface area contributed by atoms with Gasteiger partial charge in [-0.3, -0.25) is 9.78 Å². The van der Waals surface area contributed by atoms with E-state index >= 15 is 0 Å². The molecule has 1 aromatic carbocycles. The Bertz CT molecular complexity index is 838. The Morgan fingerprint density at radius 2 is 2.20 bits per heavy atom. The van der Waals surface area contributed by atoms with Crippen molar-refractivity contribution >= 4 is 11.6 Å². The maximum Gasteiger partial charge on any atom is 0.247 e. The van der Waals surface area contributed by atoms with Gasteiger partial charge in [-0.1, -0.05) is 6.07 Å². The van der Waals surface area contributed by atoms with E-state index in [9.17, 15) is 9.18 Å². The number of pyridine rings is 1. The van der Waals surface area contributed by atoms with E-state index in [1.807, 2.05) is 6.07 Å². The van der Waals surface area contributed by atoms with Crippen molar-refractivity contribution in [2.24, 2.45) is 0 Å². The third-order valence-electron chi connectivity index (χ3n) is 3.65. The topological polar surface area (TPSA) is 69.0 Å². The molecule has 0 fully saturated rings. The van der Waals surface area contributed by atoms with Crippen molar-refractivity contribution in [2.45, 2.75) is 19.6 Å². The maximum absolute atomic E-state index is 14.2. The van der Waals surface area contributed by atoms with E-state index < -0.39 is 11.9 Å². The van der Waals surface area contributed by atoms with Crippen molar-refractivity contribution in [3.63, 3.8) is 0 Å². The van der Waals surface area contributed by atoms with Crippen molar-refractivity contribution in [3.05, 3.63) is 72.8 Å². The van der Waals surface area contributed by atoms with Crippen LogP contribution in [0.15, 0.2) is 61.3 Å². The van der Waals surface area contributed by atoms with Crippen molar-refractivity contribution in [1.29, 1.82) is 0 Å². The summed E-state index contributed by atoms with van der Waals surface area (Å²) < 4.78 is 21.3. The monoisotopic (exact) mass is 340 g/mol. The molecule has 3 rings (SSSR count). The van der Waals surface area contributed by atoms with Gasteiger partial charge in [0.05, 0.1) is 12.0 Å². The molecule has 0 saturated carbocycles. The lowest BCUT2D eigenvalue weighted by molar-refractivity contribution is -0.118. The Balaban J connectivity index is 1.62. The minimum atomic E-state index is -0.552. The third-order valence-corrected chi connectivity index (χ3v) is 3.65. The summed E-state index contributed by atoms with van der Waals surface area (Å²) in [5.41, 5.74) is 1.06. The van der Waals surface area contributed by atoms with Crippen molar-refractivity contribution in [2.75, 3.05) is 5.32 Å². The number of nitrogens with zero attached hydrogens (tertiary/aromatic N) is 3. The number of rotatable bonds is 6. The molecule has 1 atom stereocenters. The van der Waals surface area contributed by atoms with Crippen molar-refractivity contribution < 1.29 is 13.9 Å². The van der Waals surface area contributed by atoms with E-state index in [2.05, 4.69) is 15.3 Å². The van der Waals surface area contributed by atoms with Gasteiger partial charge in [-0.15, -0.1) is 0 Å². The normalized spacial score (nSPS) is 11.8. The molecule has 0 aliphatic heterocycles. The standard InChI is InChI=1S/C18H17FN4O2/c1-13(23-9-8-20-12-23)18(24)22-14-5-6-17(16(19)10-14)25-11-15-4-2-3-7-21-15/h2-10,12-13H,11H2,1H3,(H,22,24)/t13-/m1/s1. The highest BCUT2D eigenvalue weighted by atomic mass is 19.1. The fraction of sp³-hybridized carbons (Fsp3) is 0.167. The van der Waals surface area contributed by atoms with Crippen LogP contribution in [-0.2, 0) is 11.4 Å². The summed E-state index contributed by atoms with van der Waals surface area (Å²) in [4.78, 5) is 20.2. The van der Waals surface area contributed by atoms with Crippen LogP contribution in [0.5, 0.6) is 5.75 Å². The zero-order valence-electron chi connectivity index (χ0n) is 13.6. The van der Waals surface area contributed by atoms with Gasteiger partial charge in [-0.2, -0.15) is 0 Å². The number of aromatic nitrogens is 3. The molecule has 2 aromatic heterocycles. The molecule has 128 valence electrons. The number of carbonyl (C=O) groups is 1. The van der Waals surface area contributed by atoms with Crippen molar-refractivity contribution in [3.8, 4) is 5.75 Å². The quantitative estimate of drug-likeness (QED) is 0.748. The van der Waals surface area contributed by atoms with E-state index in [0.29, 0.717) is 11.4 Å². The summed E-state index contributed by atoms with van der Waals surface area (Å²) in [5.74, 6) is -0.713. The van der Waals surface area contributed by atoms with Gasteiger partial charge in [0.1, 0.15) is 12.6 Å². The van der Waals surface area contributed by atoms with Crippen LogP contribution in [-0.4, -0.2) is 20.4 Å². The maximum atomic E-state index is 14.2. The number of nitrogens with one attached hydrogen (secondary N) is 1. The smallest absolute Gasteiger partial charge is 0.247 e. The number of halogens is 1. The number of amides is 1. The second-order valence-electron chi connectivity index (χ2n) is 5.43. The molecule has 2 heterocycles. The van der Waals surface area contributed by atoms with Crippen LogP contribution in [0.2, 0.25) is 0 Å². The summed E-state index contributed by atoms with van der Waals surface area (Å²) in [5, 5.41) is 2.68.